The van der Waals surface area contributed by atoms with Crippen LogP contribution < -0.4 is 20.1 Å². The molecule has 4 amide bonds. The van der Waals surface area contributed by atoms with Crippen LogP contribution in [0.3, 0.4) is 0 Å². The summed E-state index contributed by atoms with van der Waals surface area (Å²) in [7, 11) is 3.15. The number of aromatic nitrogens is 2. The number of imide groups is 2. The van der Waals surface area contributed by atoms with Crippen LogP contribution in [0, 0.1) is 5.41 Å². The minimum absolute atomic E-state index is 0.428. The standard InChI is InChI=1S/C25H20N4O5S2/c1-33-14-7-3-12(4-8-14)16-11-17-18(20-21(35-17)36-29-28-20)19(13-5-9-15(34-2)10-6-13)25(16)22(30)26-24(32)27-23(25)31/h3-10,16,19H,11H2,1-2H3,(H2,26,27,30,31,32). The molecule has 2 N–H and O–H groups in total. The summed E-state index contributed by atoms with van der Waals surface area (Å²) in [6.45, 7) is 0. The number of carbonyl (C=O) groups excluding carboxylic acids is 3. The van der Waals surface area contributed by atoms with Crippen LogP contribution in [0.1, 0.15) is 33.4 Å². The molecule has 2 aromatic carbocycles. The molecule has 1 aliphatic carbocycles. The van der Waals surface area contributed by atoms with Gasteiger partial charge in [-0.05, 0) is 53.3 Å². The van der Waals surface area contributed by atoms with Crippen LogP contribution in [0.4, 0.5) is 4.79 Å². The van der Waals surface area contributed by atoms with Gasteiger partial charge in [0.15, 0.2) is 0 Å². The topological polar surface area (TPSA) is 120 Å². The van der Waals surface area contributed by atoms with Crippen molar-refractivity contribution in [3.05, 3.63) is 70.1 Å². The van der Waals surface area contributed by atoms with Crippen molar-refractivity contribution in [3.8, 4) is 11.5 Å². The number of amides is 4. The van der Waals surface area contributed by atoms with E-state index in [1.165, 1.54) is 11.5 Å². The lowest BCUT2D eigenvalue weighted by Gasteiger charge is -2.48. The van der Waals surface area contributed by atoms with E-state index in [1.54, 1.807) is 37.7 Å². The third kappa shape index (κ3) is 3.16. The zero-order valence-electron chi connectivity index (χ0n) is 19.2. The number of nitrogens with zero attached hydrogens (tertiary/aromatic N) is 2. The van der Waals surface area contributed by atoms with E-state index in [0.717, 1.165) is 25.6 Å². The summed E-state index contributed by atoms with van der Waals surface area (Å²) in [4.78, 5) is 41.1. The Morgan fingerprint density at radius 3 is 2.06 bits per heavy atom. The number of hydrogen-bond acceptors (Lipinski definition) is 9. The molecule has 11 heteroatoms. The van der Waals surface area contributed by atoms with Gasteiger partial charge in [0.1, 0.15) is 26.4 Å². The average molecular weight is 521 g/mol. The number of carbonyl (C=O) groups is 3. The lowest BCUT2D eigenvalue weighted by molar-refractivity contribution is -0.147. The smallest absolute Gasteiger partial charge is 0.328 e. The lowest BCUT2D eigenvalue weighted by Crippen LogP contribution is -2.67. The maximum absolute atomic E-state index is 13.9. The van der Waals surface area contributed by atoms with Crippen LogP contribution in [-0.2, 0) is 16.0 Å². The fourth-order valence-corrected chi connectivity index (χ4v) is 7.54. The highest BCUT2D eigenvalue weighted by Crippen LogP contribution is 2.60. The Morgan fingerprint density at radius 2 is 1.47 bits per heavy atom. The quantitative estimate of drug-likeness (QED) is 0.395. The molecule has 2 atom stereocenters. The highest BCUT2D eigenvalue weighted by molar-refractivity contribution is 7.36. The van der Waals surface area contributed by atoms with Crippen molar-refractivity contribution < 1.29 is 23.9 Å². The van der Waals surface area contributed by atoms with Crippen molar-refractivity contribution in [2.45, 2.75) is 18.3 Å². The zero-order chi connectivity index (χ0) is 25.0. The summed E-state index contributed by atoms with van der Waals surface area (Å²) in [6.07, 6.45) is 0.428. The van der Waals surface area contributed by atoms with Crippen LogP contribution >= 0.6 is 22.9 Å². The number of urea groups is 1. The van der Waals surface area contributed by atoms with Gasteiger partial charge < -0.3 is 9.47 Å². The molecular formula is C25H20N4O5S2. The van der Waals surface area contributed by atoms with Gasteiger partial charge in [-0.1, -0.05) is 28.8 Å². The molecule has 1 spiro atoms. The molecule has 2 aliphatic rings. The Balaban J connectivity index is 1.66. The maximum atomic E-state index is 13.9. The summed E-state index contributed by atoms with van der Waals surface area (Å²) in [5.41, 5.74) is 1.37. The van der Waals surface area contributed by atoms with Gasteiger partial charge in [-0.3, -0.25) is 20.2 Å². The van der Waals surface area contributed by atoms with Crippen LogP contribution in [0.25, 0.3) is 9.53 Å². The number of benzene rings is 2. The molecule has 6 rings (SSSR count). The number of ether oxygens (including phenoxy) is 2. The summed E-state index contributed by atoms with van der Waals surface area (Å²) in [6, 6.07) is 13.8. The predicted octanol–water partition coefficient (Wildman–Crippen LogP) is 3.59. The number of hydrogen-bond donors (Lipinski definition) is 2. The fraction of sp³-hybridized carbons (Fsp3) is 0.240. The highest BCUT2D eigenvalue weighted by atomic mass is 32.2. The van der Waals surface area contributed by atoms with Gasteiger partial charge in [0.25, 0.3) is 0 Å². The molecule has 2 unspecified atom stereocenters. The monoisotopic (exact) mass is 520 g/mol. The zero-order valence-corrected chi connectivity index (χ0v) is 20.9. The maximum Gasteiger partial charge on any atom is 0.328 e. The number of methoxy groups -OCH3 is 2. The van der Waals surface area contributed by atoms with Gasteiger partial charge in [0, 0.05) is 22.3 Å². The summed E-state index contributed by atoms with van der Waals surface area (Å²) >= 11 is 2.87. The molecule has 1 aliphatic heterocycles. The van der Waals surface area contributed by atoms with E-state index in [0.29, 0.717) is 23.4 Å². The molecule has 1 fully saturated rings. The van der Waals surface area contributed by atoms with Gasteiger partial charge in [-0.25, -0.2) is 4.79 Å². The van der Waals surface area contributed by atoms with Crippen molar-refractivity contribution in [1.29, 1.82) is 0 Å². The van der Waals surface area contributed by atoms with E-state index in [-0.39, 0.29) is 0 Å². The minimum Gasteiger partial charge on any atom is -0.497 e. The molecular weight excluding hydrogens is 500 g/mol. The molecule has 0 bridgehead atoms. The Bertz CT molecular complexity index is 1490. The molecule has 0 radical (unpaired) electrons. The molecule has 182 valence electrons. The van der Waals surface area contributed by atoms with E-state index >= 15 is 0 Å². The molecule has 1 saturated heterocycles. The first kappa shape index (κ1) is 22.6. The third-order valence-electron chi connectivity index (χ3n) is 7.09. The van der Waals surface area contributed by atoms with Crippen LogP contribution in [0.5, 0.6) is 11.5 Å². The molecule has 0 saturated carbocycles. The van der Waals surface area contributed by atoms with Crippen molar-refractivity contribution in [2.75, 3.05) is 14.2 Å². The van der Waals surface area contributed by atoms with E-state index in [2.05, 4.69) is 20.2 Å². The van der Waals surface area contributed by atoms with E-state index in [9.17, 15) is 14.4 Å². The van der Waals surface area contributed by atoms with Crippen molar-refractivity contribution in [2.24, 2.45) is 5.41 Å². The minimum atomic E-state index is -1.65. The first-order valence-corrected chi connectivity index (χ1v) is 12.7. The highest BCUT2D eigenvalue weighted by Gasteiger charge is 2.64. The van der Waals surface area contributed by atoms with Crippen LogP contribution in [-0.4, -0.2) is 41.7 Å². The Hall–Kier alpha value is -3.83. The molecule has 4 aromatic rings. The van der Waals surface area contributed by atoms with Crippen molar-refractivity contribution >= 4 is 50.2 Å². The van der Waals surface area contributed by atoms with E-state index < -0.39 is 35.1 Å². The predicted molar refractivity (Wildman–Crippen MR) is 134 cm³/mol. The first-order chi connectivity index (χ1) is 17.5. The van der Waals surface area contributed by atoms with E-state index in [4.69, 9.17) is 9.47 Å². The fourth-order valence-electron chi connectivity index (χ4n) is 5.51. The largest absolute Gasteiger partial charge is 0.497 e. The second kappa shape index (κ2) is 8.38. The van der Waals surface area contributed by atoms with Crippen molar-refractivity contribution in [3.63, 3.8) is 0 Å². The summed E-state index contributed by atoms with van der Waals surface area (Å²) in [5.74, 6) is -1.23. The number of rotatable bonds is 4. The Kier molecular flexibility index (Phi) is 5.27. The number of nitrogens with one attached hydrogen (secondary N) is 2. The summed E-state index contributed by atoms with van der Waals surface area (Å²) < 4.78 is 15.7. The first-order valence-electron chi connectivity index (χ1n) is 11.2. The number of fused-ring (bicyclic) bond motifs is 3. The van der Waals surface area contributed by atoms with Gasteiger partial charge in [-0.15, -0.1) is 16.4 Å². The molecule has 36 heavy (non-hydrogen) atoms. The number of thiophene rings is 1. The van der Waals surface area contributed by atoms with Crippen molar-refractivity contribution in [1.82, 2.24) is 20.2 Å². The van der Waals surface area contributed by atoms with Gasteiger partial charge in [-0.2, -0.15) is 0 Å². The lowest BCUT2D eigenvalue weighted by atomic mass is 9.54. The Morgan fingerprint density at radius 1 is 0.889 bits per heavy atom. The summed E-state index contributed by atoms with van der Waals surface area (Å²) in [5, 5.41) is 9.15. The normalized spacial score (nSPS) is 20.7. The van der Waals surface area contributed by atoms with Gasteiger partial charge in [0.2, 0.25) is 11.8 Å². The second-order valence-corrected chi connectivity index (χ2v) is 10.8. The second-order valence-electron chi connectivity index (χ2n) is 8.69. The molecule has 2 aromatic heterocycles. The van der Waals surface area contributed by atoms with Crippen LogP contribution in [0.15, 0.2) is 48.5 Å². The average Bonchev–Trinajstić information content (AvgIpc) is 3.48. The van der Waals surface area contributed by atoms with E-state index in [1.807, 2.05) is 36.4 Å². The number of barbiturate groups is 1. The van der Waals surface area contributed by atoms with Gasteiger partial charge >= 0.3 is 6.03 Å². The van der Waals surface area contributed by atoms with Crippen LogP contribution in [0.2, 0.25) is 0 Å². The molecule has 3 heterocycles. The molecule has 9 nitrogen and oxygen atoms in total. The Labute approximate surface area is 213 Å². The SMILES string of the molecule is COc1ccc(C2Cc3sc4snnc4c3C(c3ccc(OC)cc3)C23C(=O)NC(=O)NC3=O)cc1. The third-order valence-corrected chi connectivity index (χ3v) is 9.09. The van der Waals surface area contributed by atoms with Gasteiger partial charge in [0.05, 0.1) is 14.2 Å².